The van der Waals surface area contributed by atoms with Gasteiger partial charge in [0.15, 0.2) is 17.5 Å². The Morgan fingerprint density at radius 3 is 1.85 bits per heavy atom. The smallest absolute Gasteiger partial charge is 0.164 e. The van der Waals surface area contributed by atoms with Crippen LogP contribution in [-0.2, 0) is 5.41 Å². The fourth-order valence-electron chi connectivity index (χ4n) is 8.80. The average molecular weight is 665 g/mol. The van der Waals surface area contributed by atoms with Gasteiger partial charge < -0.3 is 4.57 Å². The summed E-state index contributed by atoms with van der Waals surface area (Å²) in [6.45, 7) is 4.73. The molecule has 2 aromatic heterocycles. The molecule has 0 saturated heterocycles. The van der Waals surface area contributed by atoms with E-state index in [1.165, 1.54) is 49.6 Å². The Morgan fingerprint density at radius 2 is 1.00 bits per heavy atom. The van der Waals surface area contributed by atoms with Crippen LogP contribution in [0.2, 0.25) is 0 Å². The van der Waals surface area contributed by atoms with Gasteiger partial charge in [0, 0.05) is 38.6 Å². The summed E-state index contributed by atoms with van der Waals surface area (Å²) in [7, 11) is 0. The summed E-state index contributed by atoms with van der Waals surface area (Å²) in [5.74, 6) is 2.00. The molecule has 8 bridgehead atoms. The van der Waals surface area contributed by atoms with Gasteiger partial charge in [-0.3, -0.25) is 0 Å². The lowest BCUT2D eigenvalue weighted by molar-refractivity contribution is 0.664. The minimum absolute atomic E-state index is 0.355. The summed E-state index contributed by atoms with van der Waals surface area (Å²) in [6, 6.07) is 56.6. The Morgan fingerprint density at radius 1 is 0.404 bits per heavy atom. The van der Waals surface area contributed by atoms with Crippen molar-refractivity contribution in [2.24, 2.45) is 0 Å². The first-order valence-electron chi connectivity index (χ1n) is 17.9. The molecule has 0 fully saturated rings. The van der Waals surface area contributed by atoms with Crippen molar-refractivity contribution in [3.05, 3.63) is 169 Å². The van der Waals surface area contributed by atoms with E-state index in [2.05, 4.69) is 170 Å². The highest BCUT2D eigenvalue weighted by Gasteiger charge is 2.41. The molecule has 2 aliphatic rings. The van der Waals surface area contributed by atoms with Crippen LogP contribution in [0.25, 0.3) is 95.0 Å². The molecule has 0 unspecified atom stereocenters. The lowest BCUT2D eigenvalue weighted by atomic mass is 9.79. The molecule has 1 aliphatic carbocycles. The fourth-order valence-corrected chi connectivity index (χ4v) is 8.80. The van der Waals surface area contributed by atoms with Crippen LogP contribution in [0.5, 0.6) is 0 Å². The number of hydrogen-bond donors (Lipinski definition) is 0. The third kappa shape index (κ3) is 4.12. The van der Waals surface area contributed by atoms with E-state index in [4.69, 9.17) is 15.0 Å². The number of fused-ring (bicyclic) bond motifs is 14. The van der Waals surface area contributed by atoms with Crippen molar-refractivity contribution in [2.75, 3.05) is 0 Å². The van der Waals surface area contributed by atoms with Crippen LogP contribution in [0.1, 0.15) is 25.0 Å². The van der Waals surface area contributed by atoms with Gasteiger partial charge in [-0.05, 0) is 68.8 Å². The molecule has 11 rings (SSSR count). The predicted molar refractivity (Wildman–Crippen MR) is 212 cm³/mol. The zero-order valence-corrected chi connectivity index (χ0v) is 28.8. The second-order valence-corrected chi connectivity index (χ2v) is 14.5. The topological polar surface area (TPSA) is 43.6 Å². The van der Waals surface area contributed by atoms with E-state index in [1.54, 1.807) is 0 Å². The number of hydrogen-bond acceptors (Lipinski definition) is 3. The molecule has 7 aromatic carbocycles. The normalized spacial score (nSPS) is 13.3. The van der Waals surface area contributed by atoms with Gasteiger partial charge in [0.05, 0.1) is 11.0 Å². The van der Waals surface area contributed by atoms with Crippen LogP contribution >= 0.6 is 0 Å². The molecule has 0 N–H and O–H groups in total. The molecular weight excluding hydrogens is 633 g/mol. The third-order valence-electron chi connectivity index (χ3n) is 11.1. The van der Waals surface area contributed by atoms with E-state index in [1.807, 2.05) is 6.07 Å². The lowest BCUT2D eigenvalue weighted by Crippen LogP contribution is -2.18. The first kappa shape index (κ1) is 29.1. The molecule has 4 heteroatoms. The Kier molecular flexibility index (Phi) is 5.98. The maximum absolute atomic E-state index is 5.29. The largest absolute Gasteiger partial charge is 0.309 e. The van der Waals surface area contributed by atoms with Crippen molar-refractivity contribution in [2.45, 2.75) is 19.3 Å². The minimum atomic E-state index is -0.355. The molecule has 0 radical (unpaired) electrons. The fraction of sp³-hybridized carbons (Fsp3) is 0.0625. The van der Waals surface area contributed by atoms with Gasteiger partial charge in [-0.15, -0.1) is 0 Å². The van der Waals surface area contributed by atoms with Crippen molar-refractivity contribution < 1.29 is 0 Å². The van der Waals surface area contributed by atoms with Crippen molar-refractivity contribution in [3.8, 4) is 73.2 Å². The summed E-state index contributed by atoms with van der Waals surface area (Å²) in [6.07, 6.45) is 0. The quantitative estimate of drug-likeness (QED) is 0.185. The van der Waals surface area contributed by atoms with Gasteiger partial charge in [0.2, 0.25) is 0 Å². The van der Waals surface area contributed by atoms with E-state index in [0.717, 1.165) is 39.1 Å². The summed E-state index contributed by atoms with van der Waals surface area (Å²) < 4.78 is 2.49. The summed E-state index contributed by atoms with van der Waals surface area (Å²) in [4.78, 5) is 15.7. The molecule has 0 saturated carbocycles. The highest BCUT2D eigenvalue weighted by atomic mass is 15.0. The maximum atomic E-state index is 5.29. The second kappa shape index (κ2) is 10.7. The molecule has 3 heterocycles. The Hall–Kier alpha value is -6.65. The van der Waals surface area contributed by atoms with E-state index in [0.29, 0.717) is 17.5 Å². The van der Waals surface area contributed by atoms with Gasteiger partial charge in [0.25, 0.3) is 0 Å². The van der Waals surface area contributed by atoms with Gasteiger partial charge in [0.1, 0.15) is 0 Å². The molecule has 0 atom stereocenters. The van der Waals surface area contributed by atoms with Crippen molar-refractivity contribution in [1.29, 1.82) is 0 Å². The number of nitrogens with zero attached hydrogens (tertiary/aromatic N) is 4. The van der Waals surface area contributed by atoms with Gasteiger partial charge >= 0.3 is 0 Å². The molecule has 0 spiro atoms. The maximum Gasteiger partial charge on any atom is 0.164 e. The highest BCUT2D eigenvalue weighted by Crippen LogP contribution is 2.55. The minimum Gasteiger partial charge on any atom is -0.309 e. The van der Waals surface area contributed by atoms with Crippen LogP contribution in [0.4, 0.5) is 0 Å². The average Bonchev–Trinajstić information content (AvgIpc) is 3.66. The molecule has 0 amide bonds. The van der Waals surface area contributed by atoms with E-state index in [9.17, 15) is 0 Å². The first-order chi connectivity index (χ1) is 25.5. The standard InChI is InChI=1S/C48H32N4/c1-48(2)42-37-18-10-19-40(42)47-50-45(31-23-21-30(22-24-31)29-11-4-3-5-12-29)49-46(51-47)34-15-8-13-32(27-34)33-14-9-16-35(28-33)52-41-20-7-6-17-36(41)39-26-25-38(37)43(48)44(39)52/h3-28H,1-2H3. The second-order valence-electron chi connectivity index (χ2n) is 14.5. The van der Waals surface area contributed by atoms with Crippen molar-refractivity contribution >= 4 is 21.8 Å². The van der Waals surface area contributed by atoms with Crippen LogP contribution < -0.4 is 0 Å². The zero-order valence-electron chi connectivity index (χ0n) is 28.8. The van der Waals surface area contributed by atoms with E-state index >= 15 is 0 Å². The van der Waals surface area contributed by atoms with Gasteiger partial charge in [-0.1, -0.05) is 147 Å². The summed E-state index contributed by atoms with van der Waals surface area (Å²) >= 11 is 0. The van der Waals surface area contributed by atoms with Crippen LogP contribution in [-0.4, -0.2) is 19.5 Å². The molecule has 9 aromatic rings. The van der Waals surface area contributed by atoms with E-state index in [-0.39, 0.29) is 5.41 Å². The number of para-hydroxylation sites is 1. The molecule has 1 aliphatic heterocycles. The molecule has 4 nitrogen and oxygen atoms in total. The van der Waals surface area contributed by atoms with Crippen molar-refractivity contribution in [1.82, 2.24) is 19.5 Å². The third-order valence-corrected chi connectivity index (χ3v) is 11.1. The van der Waals surface area contributed by atoms with Crippen molar-refractivity contribution in [3.63, 3.8) is 0 Å². The number of benzene rings is 7. The number of aromatic nitrogens is 4. The lowest BCUT2D eigenvalue weighted by Gasteiger charge is -2.25. The van der Waals surface area contributed by atoms with Gasteiger partial charge in [-0.2, -0.15) is 0 Å². The Bertz CT molecular complexity index is 2920. The first-order valence-corrected chi connectivity index (χ1v) is 17.9. The molecule has 52 heavy (non-hydrogen) atoms. The van der Waals surface area contributed by atoms with Crippen LogP contribution in [0.3, 0.4) is 0 Å². The molecular formula is C48H32N4. The zero-order chi connectivity index (χ0) is 34.6. The van der Waals surface area contributed by atoms with Crippen LogP contribution in [0.15, 0.2) is 158 Å². The summed E-state index contributed by atoms with van der Waals surface area (Å²) in [5, 5.41) is 2.52. The number of rotatable bonds is 2. The van der Waals surface area contributed by atoms with Gasteiger partial charge in [-0.25, -0.2) is 15.0 Å². The Balaban J connectivity index is 1.23. The highest BCUT2D eigenvalue weighted by molar-refractivity contribution is 6.13. The van der Waals surface area contributed by atoms with Crippen LogP contribution in [0, 0.1) is 0 Å². The Labute approximate surface area is 301 Å². The SMILES string of the molecule is CC1(C)c2c3cccc2-c2ccc4c5ccccc5n(c4c21)-c1cccc(c1)-c1cccc(c1)-c1nc(-c2ccc(-c4ccccc4)cc2)nc-3n1. The predicted octanol–water partition coefficient (Wildman–Crippen LogP) is 11.9. The van der Waals surface area contributed by atoms with E-state index < -0.39 is 0 Å². The summed E-state index contributed by atoms with van der Waals surface area (Å²) in [5.41, 5.74) is 15.8. The molecule has 244 valence electrons. The monoisotopic (exact) mass is 664 g/mol.